The summed E-state index contributed by atoms with van der Waals surface area (Å²) < 4.78 is 95.0. The molecule has 1 amide bonds. The Balaban J connectivity index is 1.52. The van der Waals surface area contributed by atoms with E-state index in [1.54, 1.807) is 22.9 Å². The predicted molar refractivity (Wildman–Crippen MR) is 153 cm³/mol. The number of hydrogen-bond donors (Lipinski definition) is 3. The molecule has 2 fully saturated rings. The lowest BCUT2D eigenvalue weighted by Crippen LogP contribution is -2.46. The van der Waals surface area contributed by atoms with Gasteiger partial charge in [-0.25, -0.2) is 22.2 Å². The highest BCUT2D eigenvalue weighted by atomic mass is 32.2. The first-order valence-electron chi connectivity index (χ1n) is 14.1. The van der Waals surface area contributed by atoms with E-state index in [2.05, 4.69) is 10.3 Å². The van der Waals surface area contributed by atoms with Gasteiger partial charge in [0.25, 0.3) is 5.91 Å². The summed E-state index contributed by atoms with van der Waals surface area (Å²) in [6, 6.07) is 6.26. The number of aliphatic carboxylic acids is 1. The zero-order valence-corrected chi connectivity index (χ0v) is 25.1. The summed E-state index contributed by atoms with van der Waals surface area (Å²) in [5.74, 6) is -4.86. The fourth-order valence-corrected chi connectivity index (χ4v) is 8.10. The van der Waals surface area contributed by atoms with Gasteiger partial charge in [0.1, 0.15) is 6.04 Å². The Hall–Kier alpha value is -3.17. The number of halogens is 5. The molecule has 2 saturated carbocycles. The molecule has 15 heteroatoms. The SMILES string of the molecule is C[C@H](NS(=O)(=O)c1ccc(-c2sc(C(=O)N[C@H]3C[C@H](C(=O)O)C3)nc2CC2CCC(F)(F)CC2)c2ccccc12)C(F)(F)F. The molecule has 8 nitrogen and oxygen atoms in total. The van der Waals surface area contributed by atoms with E-state index in [4.69, 9.17) is 5.11 Å². The lowest BCUT2D eigenvalue weighted by atomic mass is 9.80. The maximum Gasteiger partial charge on any atom is 0.404 e. The number of hydrogen-bond acceptors (Lipinski definition) is 6. The van der Waals surface area contributed by atoms with Gasteiger partial charge in [-0.1, -0.05) is 30.3 Å². The number of carbonyl (C=O) groups is 2. The largest absolute Gasteiger partial charge is 0.481 e. The van der Waals surface area contributed by atoms with Gasteiger partial charge < -0.3 is 10.4 Å². The Bertz CT molecular complexity index is 1680. The van der Waals surface area contributed by atoms with Gasteiger partial charge in [-0.2, -0.15) is 17.9 Å². The minimum absolute atomic E-state index is 0.0800. The van der Waals surface area contributed by atoms with Crippen molar-refractivity contribution in [1.29, 1.82) is 0 Å². The number of alkyl halides is 5. The zero-order valence-electron chi connectivity index (χ0n) is 23.5. The van der Waals surface area contributed by atoms with Gasteiger partial charge in [0.15, 0.2) is 5.01 Å². The molecule has 0 spiro atoms. The van der Waals surface area contributed by atoms with Crippen molar-refractivity contribution in [2.24, 2.45) is 11.8 Å². The van der Waals surface area contributed by atoms with Crippen LogP contribution in [0.5, 0.6) is 0 Å². The average Bonchev–Trinajstić information content (AvgIpc) is 3.33. The third kappa shape index (κ3) is 6.89. The number of nitrogens with one attached hydrogen (secondary N) is 2. The molecule has 0 aliphatic heterocycles. The second-order valence-electron chi connectivity index (χ2n) is 11.5. The van der Waals surface area contributed by atoms with Gasteiger partial charge in [-0.05, 0) is 56.4 Å². The highest BCUT2D eigenvalue weighted by Crippen LogP contribution is 2.42. The van der Waals surface area contributed by atoms with E-state index >= 15 is 0 Å². The Labute approximate surface area is 254 Å². The third-order valence-corrected chi connectivity index (χ3v) is 11.0. The van der Waals surface area contributed by atoms with Crippen LogP contribution < -0.4 is 10.0 Å². The molecule has 3 N–H and O–H groups in total. The summed E-state index contributed by atoms with van der Waals surface area (Å²) in [5.41, 5.74) is 0.961. The number of carboxylic acids is 1. The highest BCUT2D eigenvalue weighted by molar-refractivity contribution is 7.89. The van der Waals surface area contributed by atoms with Crippen LogP contribution in [0, 0.1) is 11.8 Å². The molecular formula is C29H30F5N3O5S2. The molecule has 2 aliphatic rings. The summed E-state index contributed by atoms with van der Waals surface area (Å²) >= 11 is 1.03. The Morgan fingerprint density at radius 1 is 1.09 bits per heavy atom. The van der Waals surface area contributed by atoms with Gasteiger partial charge in [-0.15, -0.1) is 11.3 Å². The quantitative estimate of drug-likeness (QED) is 0.237. The number of benzene rings is 2. The predicted octanol–water partition coefficient (Wildman–Crippen LogP) is 6.15. The molecule has 1 atom stereocenters. The normalized spacial score (nSPS) is 21.5. The summed E-state index contributed by atoms with van der Waals surface area (Å²) in [7, 11) is -4.60. The molecule has 2 aliphatic carbocycles. The summed E-state index contributed by atoms with van der Waals surface area (Å²) in [5, 5.41) is 12.5. The number of carbonyl (C=O) groups excluding carboxylic acids is 1. The van der Waals surface area contributed by atoms with E-state index < -0.39 is 46.0 Å². The van der Waals surface area contributed by atoms with Gasteiger partial charge in [0.2, 0.25) is 15.9 Å². The van der Waals surface area contributed by atoms with Crippen LogP contribution in [-0.4, -0.2) is 54.6 Å². The fraction of sp³-hybridized carbons (Fsp3) is 0.483. The van der Waals surface area contributed by atoms with Crippen molar-refractivity contribution < 1.29 is 45.1 Å². The maximum absolute atomic E-state index is 13.8. The van der Waals surface area contributed by atoms with Crippen LogP contribution in [0.2, 0.25) is 0 Å². The summed E-state index contributed by atoms with van der Waals surface area (Å²) in [6.07, 6.45) is -3.97. The van der Waals surface area contributed by atoms with Crippen LogP contribution in [-0.2, 0) is 21.2 Å². The van der Waals surface area contributed by atoms with E-state index in [9.17, 15) is 40.0 Å². The minimum Gasteiger partial charge on any atom is -0.481 e. The third-order valence-electron chi connectivity index (χ3n) is 8.27. The number of sulfonamides is 1. The number of amides is 1. The molecule has 0 radical (unpaired) electrons. The first kappa shape index (κ1) is 32.2. The first-order chi connectivity index (χ1) is 20.5. The van der Waals surface area contributed by atoms with Crippen LogP contribution in [0.25, 0.3) is 21.2 Å². The number of rotatable bonds is 9. The van der Waals surface area contributed by atoms with Crippen molar-refractivity contribution in [2.75, 3.05) is 0 Å². The van der Waals surface area contributed by atoms with Crippen molar-refractivity contribution in [3.8, 4) is 10.4 Å². The van der Waals surface area contributed by atoms with E-state index in [1.807, 2.05) is 0 Å². The van der Waals surface area contributed by atoms with Gasteiger partial charge >= 0.3 is 12.1 Å². The van der Waals surface area contributed by atoms with Crippen LogP contribution in [0.4, 0.5) is 22.0 Å². The van der Waals surface area contributed by atoms with Gasteiger partial charge in [0, 0.05) is 29.8 Å². The van der Waals surface area contributed by atoms with Crippen molar-refractivity contribution in [3.63, 3.8) is 0 Å². The summed E-state index contributed by atoms with van der Waals surface area (Å²) in [4.78, 5) is 29.0. The molecule has 2 aromatic carbocycles. The fourth-order valence-electron chi connectivity index (χ4n) is 5.63. The van der Waals surface area contributed by atoms with Crippen LogP contribution in [0.15, 0.2) is 41.3 Å². The summed E-state index contributed by atoms with van der Waals surface area (Å²) in [6.45, 7) is 0.705. The smallest absolute Gasteiger partial charge is 0.404 e. The number of fused-ring (bicyclic) bond motifs is 1. The molecule has 0 bridgehead atoms. The number of thiazole rings is 1. The first-order valence-corrected chi connectivity index (χ1v) is 16.4. The van der Waals surface area contributed by atoms with E-state index in [0.29, 0.717) is 34.9 Å². The lowest BCUT2D eigenvalue weighted by molar-refractivity contribution is -0.147. The average molecular weight is 660 g/mol. The number of nitrogens with zero attached hydrogens (tertiary/aromatic N) is 1. The van der Waals surface area contributed by atoms with Crippen molar-refractivity contribution in [1.82, 2.24) is 15.0 Å². The molecule has 3 aromatic rings. The van der Waals surface area contributed by atoms with E-state index in [0.717, 1.165) is 11.3 Å². The van der Waals surface area contributed by atoms with Crippen molar-refractivity contribution in [3.05, 3.63) is 47.1 Å². The van der Waals surface area contributed by atoms with Gasteiger partial charge in [0.05, 0.1) is 21.4 Å². The maximum atomic E-state index is 13.8. The van der Waals surface area contributed by atoms with E-state index in [1.165, 1.54) is 18.2 Å². The molecule has 0 saturated heterocycles. The minimum atomic E-state index is -4.80. The molecule has 5 rings (SSSR count). The van der Waals surface area contributed by atoms with Crippen LogP contribution in [0.3, 0.4) is 0 Å². The molecule has 44 heavy (non-hydrogen) atoms. The van der Waals surface area contributed by atoms with Crippen LogP contribution >= 0.6 is 11.3 Å². The second kappa shape index (κ2) is 12.0. The highest BCUT2D eigenvalue weighted by Gasteiger charge is 2.40. The monoisotopic (exact) mass is 659 g/mol. The van der Waals surface area contributed by atoms with E-state index in [-0.39, 0.29) is 65.8 Å². The molecular weight excluding hydrogens is 629 g/mol. The van der Waals surface area contributed by atoms with Crippen LogP contribution in [0.1, 0.15) is 60.9 Å². The Morgan fingerprint density at radius 2 is 1.73 bits per heavy atom. The molecule has 0 unspecified atom stereocenters. The molecule has 1 aromatic heterocycles. The Kier molecular flexibility index (Phi) is 8.77. The Morgan fingerprint density at radius 3 is 2.34 bits per heavy atom. The van der Waals surface area contributed by atoms with Crippen molar-refractivity contribution >= 4 is 44.0 Å². The standard InChI is InChI=1S/C29H30F5N3O5S2/c1-15(29(32,33)34)37-44(41,42)23-7-6-21(19-4-2-3-5-20(19)23)24-22(12-16-8-10-28(30,31)11-9-16)36-26(43-24)25(38)35-18-13-17(14-18)27(39)40/h2-7,15-18,37H,8-14H2,1H3,(H,35,38)(H,39,40)/t15-,17-,18-/m0/s1. The topological polar surface area (TPSA) is 125 Å². The number of aromatic nitrogens is 1. The molecule has 1 heterocycles. The lowest BCUT2D eigenvalue weighted by Gasteiger charge is -2.32. The second-order valence-corrected chi connectivity index (χ2v) is 14.2. The molecule has 238 valence electrons. The number of carboxylic acid groups (broad SMARTS) is 1. The van der Waals surface area contributed by atoms with Crippen molar-refractivity contribution in [2.45, 2.75) is 80.9 Å². The van der Waals surface area contributed by atoms with Gasteiger partial charge in [-0.3, -0.25) is 9.59 Å². The zero-order chi connectivity index (χ0) is 32.0.